The minimum Gasteiger partial charge on any atom is -0.395 e. The van der Waals surface area contributed by atoms with Gasteiger partial charge in [0.25, 0.3) is 5.91 Å². The Balaban J connectivity index is 2.22. The molecule has 1 saturated carbocycles. The first kappa shape index (κ1) is 14.3. The molecule has 0 aromatic heterocycles. The highest BCUT2D eigenvalue weighted by Gasteiger charge is 2.28. The van der Waals surface area contributed by atoms with Gasteiger partial charge in [0.05, 0.1) is 17.2 Å². The average molecular weight is 286 g/mol. The lowest BCUT2D eigenvalue weighted by Gasteiger charge is -2.28. The van der Waals surface area contributed by atoms with E-state index in [4.69, 9.17) is 16.7 Å². The molecule has 0 radical (unpaired) electrons. The number of benzene rings is 1. The third-order valence-corrected chi connectivity index (χ3v) is 3.84. The second-order valence-electron chi connectivity index (χ2n) is 4.78. The van der Waals surface area contributed by atoms with E-state index in [2.05, 4.69) is 0 Å². The number of nitrogens with zero attached hydrogens (tertiary/aromatic N) is 1. The molecule has 0 bridgehead atoms. The average Bonchev–Trinajstić information content (AvgIpc) is 2.89. The van der Waals surface area contributed by atoms with Crippen molar-refractivity contribution < 1.29 is 14.3 Å². The molecule has 0 atom stereocenters. The van der Waals surface area contributed by atoms with E-state index < -0.39 is 5.82 Å². The van der Waals surface area contributed by atoms with Crippen molar-refractivity contribution in [3.8, 4) is 0 Å². The van der Waals surface area contributed by atoms with Crippen LogP contribution in [0, 0.1) is 5.82 Å². The molecule has 1 aliphatic rings. The highest BCUT2D eigenvalue weighted by Crippen LogP contribution is 2.26. The third-order valence-electron chi connectivity index (χ3n) is 3.53. The topological polar surface area (TPSA) is 40.5 Å². The summed E-state index contributed by atoms with van der Waals surface area (Å²) in [6, 6.07) is 3.92. The maximum absolute atomic E-state index is 13.0. The molecule has 0 aliphatic heterocycles. The van der Waals surface area contributed by atoms with Crippen LogP contribution in [0.25, 0.3) is 0 Å². The second-order valence-corrected chi connectivity index (χ2v) is 5.19. The van der Waals surface area contributed by atoms with Crippen molar-refractivity contribution in [2.75, 3.05) is 13.2 Å². The molecular formula is C14H17ClFNO2. The van der Waals surface area contributed by atoms with Gasteiger partial charge in [-0.3, -0.25) is 4.79 Å². The van der Waals surface area contributed by atoms with Crippen LogP contribution >= 0.6 is 11.6 Å². The predicted molar refractivity (Wildman–Crippen MR) is 71.8 cm³/mol. The SMILES string of the molecule is O=C(c1ccc(F)cc1Cl)N(CCO)C1CCCC1. The molecule has 1 N–H and O–H groups in total. The zero-order valence-corrected chi connectivity index (χ0v) is 11.4. The van der Waals surface area contributed by atoms with E-state index in [0.717, 1.165) is 31.7 Å². The molecule has 1 amide bonds. The third kappa shape index (κ3) is 3.25. The van der Waals surface area contributed by atoms with Crippen LogP contribution in [-0.2, 0) is 0 Å². The summed E-state index contributed by atoms with van der Waals surface area (Å²) in [4.78, 5) is 14.1. The van der Waals surface area contributed by atoms with Gasteiger partial charge >= 0.3 is 0 Å². The summed E-state index contributed by atoms with van der Waals surface area (Å²) in [7, 11) is 0. The van der Waals surface area contributed by atoms with Gasteiger partial charge in [-0.2, -0.15) is 0 Å². The van der Waals surface area contributed by atoms with Crippen LogP contribution in [-0.4, -0.2) is 35.1 Å². The number of carbonyl (C=O) groups excluding carboxylic acids is 1. The summed E-state index contributed by atoms with van der Waals surface area (Å²) in [6.45, 7) is 0.207. The Morgan fingerprint density at radius 3 is 2.68 bits per heavy atom. The van der Waals surface area contributed by atoms with Crippen LogP contribution in [0.1, 0.15) is 36.0 Å². The van der Waals surface area contributed by atoms with Gasteiger partial charge in [0, 0.05) is 12.6 Å². The second kappa shape index (κ2) is 6.35. The Morgan fingerprint density at radius 1 is 1.42 bits per heavy atom. The monoisotopic (exact) mass is 285 g/mol. The van der Waals surface area contributed by atoms with Gasteiger partial charge in [0.1, 0.15) is 5.82 Å². The van der Waals surface area contributed by atoms with Gasteiger partial charge in [-0.05, 0) is 31.0 Å². The number of aliphatic hydroxyl groups excluding tert-OH is 1. The number of hydrogen-bond donors (Lipinski definition) is 1. The first-order chi connectivity index (χ1) is 9.13. The number of amides is 1. The molecule has 1 fully saturated rings. The molecule has 0 saturated heterocycles. The number of carbonyl (C=O) groups is 1. The molecule has 3 nitrogen and oxygen atoms in total. The standard InChI is InChI=1S/C14H17ClFNO2/c15-13-9-10(16)5-6-12(13)14(19)17(7-8-18)11-3-1-2-4-11/h5-6,9,11,18H,1-4,7-8H2. The number of halogens is 2. The van der Waals surface area contributed by atoms with Crippen molar-refractivity contribution >= 4 is 17.5 Å². The van der Waals surface area contributed by atoms with E-state index in [-0.39, 0.29) is 30.1 Å². The number of rotatable bonds is 4. The maximum atomic E-state index is 13.0. The molecule has 5 heteroatoms. The smallest absolute Gasteiger partial charge is 0.255 e. The fourth-order valence-electron chi connectivity index (χ4n) is 2.59. The normalized spacial score (nSPS) is 15.7. The van der Waals surface area contributed by atoms with Crippen molar-refractivity contribution in [3.05, 3.63) is 34.6 Å². The van der Waals surface area contributed by atoms with Crippen LogP contribution in [0.3, 0.4) is 0 Å². The predicted octanol–water partition coefficient (Wildman–Crippen LogP) is 2.86. The van der Waals surface area contributed by atoms with Crippen LogP contribution in [0.4, 0.5) is 4.39 Å². The van der Waals surface area contributed by atoms with Gasteiger partial charge in [0.2, 0.25) is 0 Å². The molecule has 2 rings (SSSR count). The van der Waals surface area contributed by atoms with Crippen molar-refractivity contribution in [1.82, 2.24) is 4.90 Å². The van der Waals surface area contributed by atoms with Gasteiger partial charge in [-0.15, -0.1) is 0 Å². The lowest BCUT2D eigenvalue weighted by Crippen LogP contribution is -2.40. The maximum Gasteiger partial charge on any atom is 0.255 e. The first-order valence-corrected chi connectivity index (χ1v) is 6.88. The van der Waals surface area contributed by atoms with Crippen LogP contribution in [0.2, 0.25) is 5.02 Å². The van der Waals surface area contributed by atoms with Crippen molar-refractivity contribution in [2.45, 2.75) is 31.7 Å². The highest BCUT2D eigenvalue weighted by atomic mass is 35.5. The number of hydrogen-bond acceptors (Lipinski definition) is 2. The van der Waals surface area contributed by atoms with E-state index in [1.54, 1.807) is 4.90 Å². The van der Waals surface area contributed by atoms with E-state index in [9.17, 15) is 9.18 Å². The lowest BCUT2D eigenvalue weighted by atomic mass is 10.1. The van der Waals surface area contributed by atoms with Crippen LogP contribution in [0.15, 0.2) is 18.2 Å². The fraction of sp³-hybridized carbons (Fsp3) is 0.500. The quantitative estimate of drug-likeness (QED) is 0.924. The Hall–Kier alpha value is -1.13. The van der Waals surface area contributed by atoms with Crippen molar-refractivity contribution in [3.63, 3.8) is 0 Å². The van der Waals surface area contributed by atoms with E-state index in [0.29, 0.717) is 5.56 Å². The summed E-state index contributed by atoms with van der Waals surface area (Å²) >= 11 is 5.93. The first-order valence-electron chi connectivity index (χ1n) is 6.50. The minimum absolute atomic E-state index is 0.0823. The number of aliphatic hydroxyl groups is 1. The van der Waals surface area contributed by atoms with Gasteiger partial charge < -0.3 is 10.0 Å². The van der Waals surface area contributed by atoms with Gasteiger partial charge in [0.15, 0.2) is 0 Å². The van der Waals surface area contributed by atoms with Crippen LogP contribution < -0.4 is 0 Å². The summed E-state index contributed by atoms with van der Waals surface area (Å²) in [6.07, 6.45) is 4.09. The van der Waals surface area contributed by atoms with Gasteiger partial charge in [-0.1, -0.05) is 24.4 Å². The van der Waals surface area contributed by atoms with Crippen molar-refractivity contribution in [1.29, 1.82) is 0 Å². The summed E-state index contributed by atoms with van der Waals surface area (Å²) in [5, 5.41) is 9.24. The Kier molecular flexibility index (Phi) is 4.77. The summed E-state index contributed by atoms with van der Waals surface area (Å²) < 4.78 is 13.0. The molecule has 0 heterocycles. The van der Waals surface area contributed by atoms with Crippen LogP contribution in [0.5, 0.6) is 0 Å². The van der Waals surface area contributed by atoms with E-state index in [1.165, 1.54) is 12.1 Å². The molecule has 19 heavy (non-hydrogen) atoms. The Bertz CT molecular complexity index is 461. The minimum atomic E-state index is -0.462. The largest absolute Gasteiger partial charge is 0.395 e. The molecule has 0 spiro atoms. The van der Waals surface area contributed by atoms with Gasteiger partial charge in [-0.25, -0.2) is 4.39 Å². The summed E-state index contributed by atoms with van der Waals surface area (Å²) in [5.41, 5.74) is 0.295. The lowest BCUT2D eigenvalue weighted by molar-refractivity contribution is 0.0638. The Morgan fingerprint density at radius 2 is 2.11 bits per heavy atom. The highest BCUT2D eigenvalue weighted by molar-refractivity contribution is 6.33. The molecule has 0 unspecified atom stereocenters. The molecule has 1 aromatic carbocycles. The van der Waals surface area contributed by atoms with E-state index >= 15 is 0 Å². The molecule has 104 valence electrons. The zero-order chi connectivity index (χ0) is 13.8. The molecule has 1 aromatic rings. The molecule has 1 aliphatic carbocycles. The van der Waals surface area contributed by atoms with Crippen molar-refractivity contribution in [2.24, 2.45) is 0 Å². The zero-order valence-electron chi connectivity index (χ0n) is 10.6. The molecular weight excluding hydrogens is 269 g/mol. The summed E-state index contributed by atoms with van der Waals surface area (Å²) in [5.74, 6) is -0.693. The fourth-order valence-corrected chi connectivity index (χ4v) is 2.84. The van der Waals surface area contributed by atoms with E-state index in [1.807, 2.05) is 0 Å². The Labute approximate surface area is 117 Å².